The molecule has 174 valence electrons. The van der Waals surface area contributed by atoms with Crippen molar-refractivity contribution >= 4 is 87.3 Å². The Labute approximate surface area is 207 Å². The maximum Gasteiger partial charge on any atom is 0.257 e. The number of amides is 3. The molecule has 1 aliphatic heterocycles. The van der Waals surface area contributed by atoms with Gasteiger partial charge in [-0.2, -0.15) is 0 Å². The third kappa shape index (κ3) is 12.1. The lowest BCUT2D eigenvalue weighted by Crippen LogP contribution is -2.41. The van der Waals surface area contributed by atoms with Crippen molar-refractivity contribution in [3.8, 4) is 0 Å². The van der Waals surface area contributed by atoms with E-state index in [4.69, 9.17) is 80.1 Å². The van der Waals surface area contributed by atoms with Gasteiger partial charge in [0.2, 0.25) is 11.8 Å². The molecule has 0 aromatic carbocycles. The SMILES string of the molecule is CC(C)(C)C(N)=O.COC1=CC(=O)N(C(=O)CCCC(Cl)(Cl)Cl)C1CCC(Cl)(Cl)Cl. The molecule has 0 radical (unpaired) electrons. The molecule has 1 aliphatic rings. The smallest absolute Gasteiger partial charge is 0.257 e. The minimum absolute atomic E-state index is 0.0642. The first-order valence-corrected chi connectivity index (χ1v) is 11.2. The Hall–Kier alpha value is -0.110. The fourth-order valence-electron chi connectivity index (χ4n) is 2.19. The predicted octanol–water partition coefficient (Wildman–Crippen LogP) is 5.46. The largest absolute Gasteiger partial charge is 0.499 e. The van der Waals surface area contributed by atoms with Gasteiger partial charge in [0, 0.05) is 17.9 Å². The number of halogens is 6. The average molecular weight is 547 g/mol. The highest BCUT2D eigenvalue weighted by molar-refractivity contribution is 6.67. The second kappa shape index (κ2) is 12.2. The van der Waals surface area contributed by atoms with Crippen LogP contribution in [0, 0.1) is 5.41 Å². The van der Waals surface area contributed by atoms with Gasteiger partial charge in [0.05, 0.1) is 13.2 Å². The number of nitrogens with two attached hydrogens (primary N) is 1. The molecule has 0 saturated carbocycles. The van der Waals surface area contributed by atoms with Crippen molar-refractivity contribution < 1.29 is 19.1 Å². The molecule has 1 rings (SSSR count). The van der Waals surface area contributed by atoms with Crippen LogP contribution in [-0.2, 0) is 19.1 Å². The van der Waals surface area contributed by atoms with Crippen molar-refractivity contribution in [1.82, 2.24) is 4.90 Å². The summed E-state index contributed by atoms with van der Waals surface area (Å²) < 4.78 is 2.24. The third-order valence-electron chi connectivity index (χ3n) is 3.94. The number of rotatable bonds is 6. The highest BCUT2D eigenvalue weighted by Crippen LogP contribution is 2.36. The first-order chi connectivity index (χ1) is 13.4. The summed E-state index contributed by atoms with van der Waals surface area (Å²) >= 11 is 34.1. The Balaban J connectivity index is 0.00000103. The monoisotopic (exact) mass is 544 g/mol. The third-order valence-corrected chi connectivity index (χ3v) is 5.07. The molecule has 30 heavy (non-hydrogen) atoms. The normalized spacial score (nSPS) is 17.3. The molecule has 0 bridgehead atoms. The number of carbonyl (C=O) groups excluding carboxylic acids is 3. The van der Waals surface area contributed by atoms with Crippen molar-refractivity contribution in [3.63, 3.8) is 0 Å². The fourth-order valence-corrected chi connectivity index (χ4v) is 2.92. The van der Waals surface area contributed by atoms with Crippen LogP contribution in [0.5, 0.6) is 0 Å². The molecular formula is C18H26Cl6N2O4. The maximum atomic E-state index is 12.3. The summed E-state index contributed by atoms with van der Waals surface area (Å²) in [6.07, 6.45) is 2.30. The standard InChI is InChI=1S/C13H15Cl6NO3.C5H11NO/c1-23-9-7-11(22)20(8(9)4-6-13(17,18)19)10(21)3-2-5-12(14,15)16;1-5(2,3)4(6)7/h7-8H,2-6H2,1H3;1-3H3,(H2,6,7). The van der Waals surface area contributed by atoms with Crippen molar-refractivity contribution in [2.75, 3.05) is 7.11 Å². The van der Waals surface area contributed by atoms with Crippen LogP contribution < -0.4 is 5.73 Å². The number of hydrogen-bond acceptors (Lipinski definition) is 4. The summed E-state index contributed by atoms with van der Waals surface area (Å²) in [5, 5.41) is 0. The van der Waals surface area contributed by atoms with E-state index in [-0.39, 0.29) is 42.9 Å². The summed E-state index contributed by atoms with van der Waals surface area (Å²) in [7, 11) is 1.41. The molecule has 3 amide bonds. The van der Waals surface area contributed by atoms with E-state index in [2.05, 4.69) is 0 Å². The van der Waals surface area contributed by atoms with E-state index < -0.39 is 19.5 Å². The zero-order valence-electron chi connectivity index (χ0n) is 17.1. The summed E-state index contributed by atoms with van der Waals surface area (Å²) in [6.45, 7) is 5.36. The van der Waals surface area contributed by atoms with Gasteiger partial charge in [-0.3, -0.25) is 19.3 Å². The fraction of sp³-hybridized carbons (Fsp3) is 0.722. The Morgan fingerprint density at radius 3 is 1.90 bits per heavy atom. The Kier molecular flexibility index (Phi) is 12.2. The van der Waals surface area contributed by atoms with Gasteiger partial charge in [0.25, 0.3) is 5.91 Å². The number of methoxy groups -OCH3 is 1. The first kappa shape index (κ1) is 29.9. The Bertz CT molecular complexity index is 651. The van der Waals surface area contributed by atoms with Gasteiger partial charge >= 0.3 is 0 Å². The van der Waals surface area contributed by atoms with Crippen LogP contribution in [0.1, 0.15) is 52.9 Å². The molecule has 0 aromatic heterocycles. The average Bonchev–Trinajstić information content (AvgIpc) is 2.86. The zero-order chi connectivity index (χ0) is 23.9. The van der Waals surface area contributed by atoms with Gasteiger partial charge in [-0.25, -0.2) is 0 Å². The van der Waals surface area contributed by atoms with Gasteiger partial charge in [0.1, 0.15) is 5.76 Å². The predicted molar refractivity (Wildman–Crippen MR) is 123 cm³/mol. The molecule has 0 spiro atoms. The Morgan fingerprint density at radius 2 is 1.53 bits per heavy atom. The minimum atomic E-state index is -1.48. The number of carbonyl (C=O) groups is 3. The summed E-state index contributed by atoms with van der Waals surface area (Å²) in [6, 6.07) is -0.594. The molecule has 0 aliphatic carbocycles. The molecule has 12 heteroatoms. The van der Waals surface area contributed by atoms with Crippen LogP contribution in [0.2, 0.25) is 0 Å². The second-order valence-electron chi connectivity index (χ2n) is 7.61. The van der Waals surface area contributed by atoms with Gasteiger partial charge in [-0.1, -0.05) is 90.4 Å². The first-order valence-electron chi connectivity index (χ1n) is 8.94. The lowest BCUT2D eigenvalue weighted by molar-refractivity contribution is -0.143. The lowest BCUT2D eigenvalue weighted by Gasteiger charge is -2.26. The van der Waals surface area contributed by atoms with Gasteiger partial charge in [-0.05, 0) is 25.7 Å². The molecular weight excluding hydrogens is 521 g/mol. The zero-order valence-corrected chi connectivity index (χ0v) is 21.7. The highest BCUT2D eigenvalue weighted by atomic mass is 35.6. The molecule has 0 fully saturated rings. The van der Waals surface area contributed by atoms with Crippen LogP contribution in [0.4, 0.5) is 0 Å². The van der Waals surface area contributed by atoms with E-state index in [0.29, 0.717) is 12.2 Å². The van der Waals surface area contributed by atoms with Crippen LogP contribution in [0.15, 0.2) is 11.8 Å². The summed E-state index contributed by atoms with van der Waals surface area (Å²) in [5.41, 5.74) is 4.57. The van der Waals surface area contributed by atoms with E-state index in [1.54, 1.807) is 20.8 Å². The number of alkyl halides is 6. The second-order valence-corrected chi connectivity index (χ2v) is 12.6. The topological polar surface area (TPSA) is 89.7 Å². The maximum absolute atomic E-state index is 12.3. The van der Waals surface area contributed by atoms with Crippen LogP contribution in [-0.4, -0.2) is 43.4 Å². The van der Waals surface area contributed by atoms with Crippen LogP contribution in [0.25, 0.3) is 0 Å². The van der Waals surface area contributed by atoms with E-state index in [1.165, 1.54) is 13.2 Å². The number of ether oxygens (including phenoxy) is 1. The van der Waals surface area contributed by atoms with Gasteiger partial charge < -0.3 is 10.5 Å². The molecule has 1 unspecified atom stereocenters. The van der Waals surface area contributed by atoms with Crippen molar-refractivity contribution in [1.29, 1.82) is 0 Å². The van der Waals surface area contributed by atoms with Crippen LogP contribution >= 0.6 is 69.6 Å². The molecule has 2 N–H and O–H groups in total. The molecule has 1 heterocycles. The quantitative estimate of drug-likeness (QED) is 0.448. The number of nitrogens with zero attached hydrogens (tertiary/aromatic N) is 1. The van der Waals surface area contributed by atoms with Crippen molar-refractivity contribution in [2.45, 2.75) is 66.5 Å². The van der Waals surface area contributed by atoms with E-state index >= 15 is 0 Å². The van der Waals surface area contributed by atoms with Gasteiger partial charge in [-0.15, -0.1) is 0 Å². The van der Waals surface area contributed by atoms with Crippen LogP contribution in [0.3, 0.4) is 0 Å². The summed E-state index contributed by atoms with van der Waals surface area (Å²) in [5.74, 6) is -0.747. The summed E-state index contributed by atoms with van der Waals surface area (Å²) in [4.78, 5) is 35.7. The number of imide groups is 1. The highest BCUT2D eigenvalue weighted by Gasteiger charge is 2.39. The number of hydrogen-bond donors (Lipinski definition) is 1. The Morgan fingerprint density at radius 1 is 1.07 bits per heavy atom. The lowest BCUT2D eigenvalue weighted by atomic mass is 9.96. The van der Waals surface area contributed by atoms with E-state index in [9.17, 15) is 14.4 Å². The molecule has 1 atom stereocenters. The van der Waals surface area contributed by atoms with Crippen molar-refractivity contribution in [3.05, 3.63) is 11.8 Å². The minimum Gasteiger partial charge on any atom is -0.499 e. The number of primary amides is 1. The van der Waals surface area contributed by atoms with E-state index in [0.717, 1.165) is 4.90 Å². The van der Waals surface area contributed by atoms with Gasteiger partial charge in [0.15, 0.2) is 7.59 Å². The molecule has 0 aromatic rings. The van der Waals surface area contributed by atoms with E-state index in [1.807, 2.05) is 0 Å². The molecule has 6 nitrogen and oxygen atoms in total. The molecule has 0 saturated heterocycles. The van der Waals surface area contributed by atoms with Crippen molar-refractivity contribution in [2.24, 2.45) is 11.1 Å².